The number of benzene rings is 2. The fraction of sp³-hybridized carbons (Fsp3) is 0.278. The summed E-state index contributed by atoms with van der Waals surface area (Å²) in [5, 5.41) is 0.545. The number of hydrogen-bond donors (Lipinski definition) is 0. The van der Waals surface area contributed by atoms with Crippen LogP contribution in [0.3, 0.4) is 0 Å². The van der Waals surface area contributed by atoms with Crippen molar-refractivity contribution in [3.63, 3.8) is 0 Å². The van der Waals surface area contributed by atoms with Crippen molar-refractivity contribution < 1.29 is 13.2 Å². The van der Waals surface area contributed by atoms with Gasteiger partial charge in [0.25, 0.3) is 0 Å². The van der Waals surface area contributed by atoms with Crippen molar-refractivity contribution in [2.75, 3.05) is 12.8 Å². The van der Waals surface area contributed by atoms with Crippen LogP contribution in [0.2, 0.25) is 10.0 Å². The lowest BCUT2D eigenvalue weighted by Gasteiger charge is -2.25. The Balaban J connectivity index is 2.10. The van der Waals surface area contributed by atoms with E-state index in [0.717, 1.165) is 5.56 Å². The van der Waals surface area contributed by atoms with Crippen molar-refractivity contribution in [3.05, 3.63) is 69.7 Å². The summed E-state index contributed by atoms with van der Waals surface area (Å²) in [7, 11) is -2.10. The Kier molecular flexibility index (Phi) is 6.49. The minimum absolute atomic E-state index is 0.229. The van der Waals surface area contributed by atoms with Gasteiger partial charge in [0.05, 0.1) is 11.8 Å². The van der Waals surface area contributed by atoms with Crippen LogP contribution in [-0.4, -0.2) is 32.0 Å². The van der Waals surface area contributed by atoms with E-state index in [2.05, 4.69) is 0 Å². The van der Waals surface area contributed by atoms with Gasteiger partial charge in [0.1, 0.15) is 5.75 Å². The molecule has 2 rings (SSSR count). The standard InChI is InChI=1S/C18H19Cl2NO3S/c1-13(14-7-4-3-5-8-14)21(2)18(22)12-25(23,24)11-15-16(19)9-6-10-17(15)20/h3-10,13H,11-12H2,1-2H3/t13-/m1/s1. The highest BCUT2D eigenvalue weighted by molar-refractivity contribution is 7.91. The molecule has 0 aliphatic carbocycles. The van der Waals surface area contributed by atoms with Crippen molar-refractivity contribution in [1.82, 2.24) is 4.90 Å². The van der Waals surface area contributed by atoms with Crippen LogP contribution < -0.4 is 0 Å². The zero-order chi connectivity index (χ0) is 18.6. The van der Waals surface area contributed by atoms with E-state index in [-0.39, 0.29) is 21.8 Å². The first kappa shape index (κ1) is 19.8. The molecule has 0 spiro atoms. The molecule has 0 aliphatic rings. The number of nitrogens with zero attached hydrogens (tertiary/aromatic N) is 1. The Bertz CT molecular complexity index is 834. The van der Waals surface area contributed by atoms with Crippen molar-refractivity contribution in [3.8, 4) is 0 Å². The third-order valence-corrected chi connectivity index (χ3v) is 6.15. The highest BCUT2D eigenvalue weighted by Crippen LogP contribution is 2.27. The molecule has 2 aromatic carbocycles. The first-order valence-corrected chi connectivity index (χ1v) is 10.2. The molecule has 0 saturated carbocycles. The molecule has 0 aromatic heterocycles. The highest BCUT2D eigenvalue weighted by atomic mass is 35.5. The summed E-state index contributed by atoms with van der Waals surface area (Å²) >= 11 is 12.0. The molecule has 0 aliphatic heterocycles. The molecule has 0 fully saturated rings. The number of carbonyl (C=O) groups excluding carboxylic acids is 1. The number of hydrogen-bond acceptors (Lipinski definition) is 3. The van der Waals surface area contributed by atoms with Crippen LogP contribution in [0.5, 0.6) is 0 Å². The second-order valence-electron chi connectivity index (χ2n) is 5.82. The fourth-order valence-electron chi connectivity index (χ4n) is 2.40. The molecule has 0 radical (unpaired) electrons. The van der Waals surface area contributed by atoms with Crippen LogP contribution in [0.4, 0.5) is 0 Å². The predicted molar refractivity (Wildman–Crippen MR) is 102 cm³/mol. The van der Waals surface area contributed by atoms with Gasteiger partial charge in [0, 0.05) is 22.7 Å². The van der Waals surface area contributed by atoms with Crippen LogP contribution in [0.25, 0.3) is 0 Å². The van der Waals surface area contributed by atoms with Gasteiger partial charge in [-0.1, -0.05) is 59.6 Å². The van der Waals surface area contributed by atoms with E-state index in [9.17, 15) is 13.2 Å². The summed E-state index contributed by atoms with van der Waals surface area (Å²) in [5.74, 6) is -1.44. The Hall–Kier alpha value is -1.56. The second kappa shape index (κ2) is 8.21. The zero-order valence-electron chi connectivity index (χ0n) is 13.9. The summed E-state index contributed by atoms with van der Waals surface area (Å²) < 4.78 is 24.8. The van der Waals surface area contributed by atoms with Crippen LogP contribution in [0, 0.1) is 0 Å². The quantitative estimate of drug-likeness (QED) is 0.733. The van der Waals surface area contributed by atoms with Crippen LogP contribution in [-0.2, 0) is 20.4 Å². The summed E-state index contributed by atoms with van der Waals surface area (Å²) in [6.07, 6.45) is 0. The van der Waals surface area contributed by atoms with Crippen molar-refractivity contribution in [2.24, 2.45) is 0 Å². The minimum Gasteiger partial charge on any atom is -0.338 e. The van der Waals surface area contributed by atoms with Crippen LogP contribution >= 0.6 is 23.2 Å². The van der Waals surface area contributed by atoms with Gasteiger partial charge in [-0.15, -0.1) is 0 Å². The van der Waals surface area contributed by atoms with Crippen molar-refractivity contribution in [2.45, 2.75) is 18.7 Å². The lowest BCUT2D eigenvalue weighted by Crippen LogP contribution is -2.35. The molecule has 7 heteroatoms. The van der Waals surface area contributed by atoms with E-state index in [1.165, 1.54) is 4.90 Å². The number of rotatable bonds is 6. The van der Waals surface area contributed by atoms with E-state index >= 15 is 0 Å². The Morgan fingerprint density at radius 2 is 1.60 bits per heavy atom. The highest BCUT2D eigenvalue weighted by Gasteiger charge is 2.25. The molecule has 0 heterocycles. The lowest BCUT2D eigenvalue weighted by atomic mass is 10.1. The van der Waals surface area contributed by atoms with E-state index in [1.54, 1.807) is 25.2 Å². The molecule has 1 atom stereocenters. The molecule has 134 valence electrons. The van der Waals surface area contributed by atoms with Gasteiger partial charge < -0.3 is 4.90 Å². The summed E-state index contributed by atoms with van der Waals surface area (Å²) in [5.41, 5.74) is 1.25. The third kappa shape index (κ3) is 5.21. The Morgan fingerprint density at radius 3 is 2.16 bits per heavy atom. The van der Waals surface area contributed by atoms with Gasteiger partial charge in [0.2, 0.25) is 5.91 Å². The fourth-order valence-corrected chi connectivity index (χ4v) is 4.52. The predicted octanol–water partition coefficient (Wildman–Crippen LogP) is 4.13. The largest absolute Gasteiger partial charge is 0.338 e. The van der Waals surface area contributed by atoms with Gasteiger partial charge in [-0.25, -0.2) is 8.42 Å². The minimum atomic E-state index is -3.70. The number of amides is 1. The first-order chi connectivity index (χ1) is 11.7. The first-order valence-electron chi connectivity index (χ1n) is 7.65. The zero-order valence-corrected chi connectivity index (χ0v) is 16.3. The van der Waals surface area contributed by atoms with E-state index in [4.69, 9.17) is 23.2 Å². The van der Waals surface area contributed by atoms with Gasteiger partial charge in [-0.3, -0.25) is 4.79 Å². The maximum Gasteiger partial charge on any atom is 0.238 e. The molecule has 4 nitrogen and oxygen atoms in total. The topological polar surface area (TPSA) is 54.5 Å². The Labute approximate surface area is 158 Å². The molecular weight excluding hydrogens is 381 g/mol. The SMILES string of the molecule is C[C@H](c1ccccc1)N(C)C(=O)CS(=O)(=O)Cc1c(Cl)cccc1Cl. The lowest BCUT2D eigenvalue weighted by molar-refractivity contribution is -0.129. The monoisotopic (exact) mass is 399 g/mol. The van der Waals surface area contributed by atoms with Crippen molar-refractivity contribution in [1.29, 1.82) is 0 Å². The maximum atomic E-state index is 12.4. The Morgan fingerprint density at radius 1 is 1.04 bits per heavy atom. The summed E-state index contributed by atoms with van der Waals surface area (Å²) in [4.78, 5) is 13.8. The van der Waals surface area contributed by atoms with Gasteiger partial charge >= 0.3 is 0 Å². The molecule has 0 N–H and O–H groups in total. The number of carbonyl (C=O) groups is 1. The summed E-state index contributed by atoms with van der Waals surface area (Å²) in [6.45, 7) is 1.85. The van der Waals surface area contributed by atoms with E-state index in [1.807, 2.05) is 37.3 Å². The molecule has 1 amide bonds. The van der Waals surface area contributed by atoms with E-state index < -0.39 is 21.5 Å². The number of sulfone groups is 1. The molecule has 0 bridgehead atoms. The average Bonchev–Trinajstić information content (AvgIpc) is 2.57. The van der Waals surface area contributed by atoms with Gasteiger partial charge in [-0.2, -0.15) is 0 Å². The third-order valence-electron chi connectivity index (χ3n) is 4.03. The average molecular weight is 400 g/mol. The smallest absolute Gasteiger partial charge is 0.238 e. The molecule has 0 unspecified atom stereocenters. The molecule has 25 heavy (non-hydrogen) atoms. The van der Waals surface area contributed by atoms with E-state index in [0.29, 0.717) is 5.56 Å². The second-order valence-corrected chi connectivity index (χ2v) is 8.70. The maximum absolute atomic E-state index is 12.4. The van der Waals surface area contributed by atoms with Crippen LogP contribution in [0.1, 0.15) is 24.1 Å². The van der Waals surface area contributed by atoms with Crippen molar-refractivity contribution >= 4 is 38.9 Å². The molecule has 2 aromatic rings. The van der Waals surface area contributed by atoms with Gasteiger partial charge in [0.15, 0.2) is 9.84 Å². The van der Waals surface area contributed by atoms with Gasteiger partial charge in [-0.05, 0) is 24.6 Å². The number of halogens is 2. The summed E-state index contributed by atoms with van der Waals surface area (Å²) in [6, 6.07) is 14.0. The van der Waals surface area contributed by atoms with Crippen LogP contribution in [0.15, 0.2) is 48.5 Å². The molecular formula is C18H19Cl2NO3S. The molecule has 0 saturated heterocycles. The normalized spacial score (nSPS) is 12.6.